The molecular formula is C28H56Br3N6O9-. The Labute approximate surface area is 301 Å². The summed E-state index contributed by atoms with van der Waals surface area (Å²) >= 11 is 6.54. The van der Waals surface area contributed by atoms with Crippen LogP contribution in [0.25, 0.3) is 0 Å². The maximum Gasteiger partial charge on any atom is 0.408 e. The molecule has 0 bridgehead atoms. The van der Waals surface area contributed by atoms with Crippen molar-refractivity contribution >= 4 is 67.7 Å². The lowest BCUT2D eigenvalue weighted by Gasteiger charge is -2.30. The first-order valence-electron chi connectivity index (χ1n) is 14.5. The number of amides is 4. The van der Waals surface area contributed by atoms with E-state index in [9.17, 15) is 29.1 Å². The van der Waals surface area contributed by atoms with Crippen molar-refractivity contribution in [3.8, 4) is 0 Å². The lowest BCUT2D eigenvalue weighted by atomic mass is 10.2. The standard InChI is InChI=1S/C14H26BrN3O4.C11H20N2O5.C3H8BrN.BrH.H2/c1-9(11(19)16-8-6-7-15)17-12(20)10(2)18-13(21)22-14(3,4)5;1-6(8(14)12-7(2)9(15)16)13-10(17)18-11(3,4)5;4-2-1-3-5;;/h9-10H,6-8H2,1-5H3,(H,16,19)(H,17,20)(H,18,21);6-7H,1-5H3,(H,12,14)(H,13,17)(H,15,16);1-3,5H2;2*1H/p-1/t9-,10-;6-,7-;;;/m00.../s1. The zero-order valence-electron chi connectivity index (χ0n) is 28.6. The summed E-state index contributed by atoms with van der Waals surface area (Å²) in [7, 11) is 0. The number of ether oxygens (including phenoxy) is 2. The highest BCUT2D eigenvalue weighted by atomic mass is 79.9. The second-order valence-corrected chi connectivity index (χ2v) is 13.3. The minimum atomic E-state index is -1.16. The molecule has 0 saturated heterocycles. The van der Waals surface area contributed by atoms with E-state index in [2.05, 4.69) is 63.9 Å². The van der Waals surface area contributed by atoms with Gasteiger partial charge in [0, 0.05) is 30.7 Å². The van der Waals surface area contributed by atoms with Crippen molar-refractivity contribution in [1.29, 1.82) is 0 Å². The van der Waals surface area contributed by atoms with E-state index in [-0.39, 0.29) is 24.3 Å². The number of hydrogen-bond donors (Lipinski definition) is 6. The third-order valence-corrected chi connectivity index (χ3v) is 5.79. The highest BCUT2D eigenvalue weighted by Gasteiger charge is 2.23. The minimum absolute atomic E-state index is 0. The second-order valence-electron chi connectivity index (χ2n) is 11.7. The predicted molar refractivity (Wildman–Crippen MR) is 179 cm³/mol. The highest BCUT2D eigenvalue weighted by Crippen LogP contribution is 2.07. The van der Waals surface area contributed by atoms with Gasteiger partial charge in [-0.3, -0.25) is 24.2 Å². The largest absolute Gasteiger partial charge is 1.00 e. The van der Waals surface area contributed by atoms with E-state index in [0.717, 1.165) is 23.6 Å². The SMILES string of the molecule is C[C@H](N=C([O-])OC(C)(C)C)C(=O)N[C@@H](C)C(=O)O.C[C@H](NC(=O)OC(C)(C)C)C(=O)N[C@@H](C)C(=O)NCCCBr.[Br-].[HH].[NH3+]CCCBr. The van der Waals surface area contributed by atoms with Crippen molar-refractivity contribution in [2.75, 3.05) is 23.7 Å². The van der Waals surface area contributed by atoms with Gasteiger partial charge in [-0.2, -0.15) is 0 Å². The van der Waals surface area contributed by atoms with Crippen molar-refractivity contribution in [3.05, 3.63) is 0 Å². The minimum Gasteiger partial charge on any atom is -1.00 e. The molecule has 0 aliphatic rings. The van der Waals surface area contributed by atoms with E-state index in [1.165, 1.54) is 27.2 Å². The first-order valence-corrected chi connectivity index (χ1v) is 16.7. The first-order chi connectivity index (χ1) is 20.5. The molecule has 4 atom stereocenters. The molecule has 0 saturated carbocycles. The Bertz CT molecular complexity index is 950. The van der Waals surface area contributed by atoms with Gasteiger partial charge in [0.05, 0.1) is 6.54 Å². The van der Waals surface area contributed by atoms with Gasteiger partial charge in [-0.05, 0) is 54.9 Å². The summed E-state index contributed by atoms with van der Waals surface area (Å²) in [6.07, 6.45) is 0.473. The summed E-state index contributed by atoms with van der Waals surface area (Å²) < 4.78 is 9.97. The van der Waals surface area contributed by atoms with Crippen LogP contribution in [-0.2, 0) is 28.7 Å². The molecule has 274 valence electrons. The van der Waals surface area contributed by atoms with Gasteiger partial charge in [0.2, 0.25) is 17.7 Å². The van der Waals surface area contributed by atoms with E-state index in [1.54, 1.807) is 48.5 Å². The molecule has 15 nitrogen and oxygen atoms in total. The van der Waals surface area contributed by atoms with Crippen LogP contribution in [0.1, 0.15) is 83.5 Å². The fourth-order valence-corrected chi connectivity index (χ4v) is 3.06. The monoisotopic (exact) mass is 857 g/mol. The molecule has 0 aromatic rings. The van der Waals surface area contributed by atoms with Gasteiger partial charge < -0.3 is 63.7 Å². The molecular weight excluding hydrogens is 804 g/mol. The lowest BCUT2D eigenvalue weighted by molar-refractivity contribution is -0.367. The average molecular weight is 861 g/mol. The lowest BCUT2D eigenvalue weighted by Crippen LogP contribution is -3.00. The maximum atomic E-state index is 11.9. The maximum absolute atomic E-state index is 11.9. The smallest absolute Gasteiger partial charge is 0.408 e. The number of aliphatic carboxylic acids is 1. The molecule has 18 heteroatoms. The van der Waals surface area contributed by atoms with Gasteiger partial charge in [0.15, 0.2) is 0 Å². The Morgan fingerprint density at radius 1 is 0.804 bits per heavy atom. The van der Waals surface area contributed by atoms with Crippen LogP contribution in [0, 0.1) is 0 Å². The van der Waals surface area contributed by atoms with Gasteiger partial charge in [0.1, 0.15) is 35.9 Å². The van der Waals surface area contributed by atoms with Crippen LogP contribution in [0.4, 0.5) is 4.79 Å². The van der Waals surface area contributed by atoms with E-state index in [0.29, 0.717) is 6.54 Å². The van der Waals surface area contributed by atoms with Gasteiger partial charge in [-0.1, -0.05) is 52.6 Å². The molecule has 46 heavy (non-hydrogen) atoms. The molecule has 0 unspecified atom stereocenters. The van der Waals surface area contributed by atoms with Crippen LogP contribution in [0.3, 0.4) is 0 Å². The molecule has 0 rings (SSSR count). The number of carboxylic acid groups (broad SMARTS) is 1. The summed E-state index contributed by atoms with van der Waals surface area (Å²) in [4.78, 5) is 60.7. The average Bonchev–Trinajstić information content (AvgIpc) is 2.87. The number of nitrogens with one attached hydrogen (secondary N) is 4. The molecule has 0 radical (unpaired) electrons. The molecule has 4 amide bonds. The Hall–Kier alpha value is -2.18. The number of aliphatic imine (C=N–C) groups is 1. The third-order valence-electron chi connectivity index (χ3n) is 4.67. The number of quaternary nitrogens is 1. The van der Waals surface area contributed by atoms with Gasteiger partial charge >= 0.3 is 12.1 Å². The summed E-state index contributed by atoms with van der Waals surface area (Å²) in [6.45, 7) is 17.6. The van der Waals surface area contributed by atoms with Crippen LogP contribution in [-0.4, -0.2) is 100 Å². The quantitative estimate of drug-likeness (QED) is 0.0523. The Kier molecular flexibility index (Phi) is 29.6. The zero-order chi connectivity index (χ0) is 36.0. The van der Waals surface area contributed by atoms with E-state index < -0.39 is 65.3 Å². The van der Waals surface area contributed by atoms with Crippen LogP contribution in [0.15, 0.2) is 4.99 Å². The van der Waals surface area contributed by atoms with Crippen LogP contribution < -0.4 is 49.1 Å². The van der Waals surface area contributed by atoms with Crippen LogP contribution >= 0.6 is 31.9 Å². The fourth-order valence-electron chi connectivity index (χ4n) is 2.38. The Balaban J connectivity index is -0.000000213. The fraction of sp³-hybridized carbons (Fsp3) is 0.786. The summed E-state index contributed by atoms with van der Waals surface area (Å²) in [5.74, 6) is -2.52. The number of hydrogen-bond acceptors (Lipinski definition) is 9. The van der Waals surface area contributed by atoms with E-state index in [4.69, 9.17) is 14.6 Å². The van der Waals surface area contributed by atoms with Gasteiger partial charge in [-0.15, -0.1) is 0 Å². The number of alkyl carbamates (subject to hydrolysis) is 1. The molecule has 0 aliphatic carbocycles. The number of carbonyl (C=O) groups excluding carboxylic acids is 4. The first kappa shape index (κ1) is 50.7. The molecule has 0 fully saturated rings. The Morgan fingerprint density at radius 3 is 1.65 bits per heavy atom. The zero-order valence-corrected chi connectivity index (χ0v) is 33.3. The summed E-state index contributed by atoms with van der Waals surface area (Å²) in [5.41, 5.74) is 2.32. The molecule has 0 aliphatic heterocycles. The molecule has 0 spiro atoms. The molecule has 0 aromatic heterocycles. The summed E-state index contributed by atoms with van der Waals surface area (Å²) in [5, 5.41) is 31.7. The van der Waals surface area contributed by atoms with Gasteiger partial charge in [0.25, 0.3) is 0 Å². The number of halogens is 3. The van der Waals surface area contributed by atoms with Crippen molar-refractivity contribution in [2.45, 2.75) is 117 Å². The number of carbonyl (C=O) groups is 5. The second kappa shape index (κ2) is 26.8. The topological polar surface area (TPSA) is 235 Å². The molecule has 0 heterocycles. The van der Waals surface area contributed by atoms with Crippen molar-refractivity contribution < 1.29 is 67.8 Å². The number of alkyl halides is 2. The normalized spacial score (nSPS) is 13.6. The van der Waals surface area contributed by atoms with E-state index >= 15 is 0 Å². The Morgan fingerprint density at radius 2 is 1.26 bits per heavy atom. The molecule has 0 aromatic carbocycles. The number of nitrogens with zero attached hydrogens (tertiary/aromatic N) is 1. The van der Waals surface area contributed by atoms with Crippen molar-refractivity contribution in [1.82, 2.24) is 21.3 Å². The molecule has 8 N–H and O–H groups in total. The van der Waals surface area contributed by atoms with E-state index in [1.807, 2.05) is 0 Å². The predicted octanol–water partition coefficient (Wildman–Crippen LogP) is -1.94. The van der Waals surface area contributed by atoms with Crippen LogP contribution in [0.2, 0.25) is 0 Å². The highest BCUT2D eigenvalue weighted by molar-refractivity contribution is 9.09. The van der Waals surface area contributed by atoms with Crippen molar-refractivity contribution in [3.63, 3.8) is 0 Å². The number of rotatable bonds is 13. The summed E-state index contributed by atoms with van der Waals surface area (Å²) in [6, 6.07) is -3.51. The van der Waals surface area contributed by atoms with Gasteiger partial charge in [-0.25, -0.2) is 4.79 Å². The third kappa shape index (κ3) is 31.8. The van der Waals surface area contributed by atoms with Crippen molar-refractivity contribution in [2.24, 2.45) is 4.99 Å². The van der Waals surface area contributed by atoms with Crippen LogP contribution in [0.5, 0.6) is 0 Å². The number of carboxylic acids is 1.